The van der Waals surface area contributed by atoms with Crippen molar-refractivity contribution in [2.75, 3.05) is 40.9 Å². The van der Waals surface area contributed by atoms with Crippen molar-refractivity contribution in [3.8, 4) is 0 Å². The molecule has 8 nitrogen and oxygen atoms in total. The first-order valence-electron chi connectivity index (χ1n) is 20.9. The van der Waals surface area contributed by atoms with Crippen LogP contribution in [0.3, 0.4) is 0 Å². The highest BCUT2D eigenvalue weighted by molar-refractivity contribution is 7.47. The second-order valence-electron chi connectivity index (χ2n) is 15.4. The number of hydrogen-bond donors (Lipinski definition) is 3. The van der Waals surface area contributed by atoms with E-state index >= 15 is 0 Å². The number of aliphatic hydroxyl groups is 1. The van der Waals surface area contributed by atoms with Crippen LogP contribution < -0.4 is 5.32 Å². The zero-order chi connectivity index (χ0) is 37.9. The lowest BCUT2D eigenvalue weighted by Crippen LogP contribution is -2.45. The highest BCUT2D eigenvalue weighted by Crippen LogP contribution is 2.43. The zero-order valence-corrected chi connectivity index (χ0v) is 34.7. The molecule has 0 aromatic carbocycles. The molecular weight excluding hydrogens is 659 g/mol. The number of phosphoric ester groups is 1. The molecule has 0 bridgehead atoms. The van der Waals surface area contributed by atoms with Gasteiger partial charge >= 0.3 is 7.82 Å². The van der Waals surface area contributed by atoms with Gasteiger partial charge < -0.3 is 19.8 Å². The van der Waals surface area contributed by atoms with Gasteiger partial charge in [-0.15, -0.1) is 0 Å². The number of allylic oxidation sites excluding steroid dienone is 5. The molecule has 0 saturated carbocycles. The number of aliphatic hydroxyl groups excluding tert-OH is 1. The van der Waals surface area contributed by atoms with Gasteiger partial charge in [-0.25, -0.2) is 4.57 Å². The minimum Gasteiger partial charge on any atom is -0.387 e. The van der Waals surface area contributed by atoms with E-state index in [1.165, 1.54) is 103 Å². The molecule has 3 N–H and O–H groups in total. The molecule has 0 aliphatic carbocycles. The second-order valence-corrected chi connectivity index (χ2v) is 16.8. The van der Waals surface area contributed by atoms with E-state index in [4.69, 9.17) is 9.05 Å². The predicted octanol–water partition coefficient (Wildman–Crippen LogP) is 11.1. The SMILES string of the molecule is CCCC/C=C\CCCCCCCC(=O)NC(COP(=O)(O)OCC[N+](C)(C)C)C(O)/C=C/CC/C=C/CCCCCCCCCCCCCC. The molecule has 0 heterocycles. The lowest BCUT2D eigenvalue weighted by molar-refractivity contribution is -0.870. The highest BCUT2D eigenvalue weighted by atomic mass is 31.2. The van der Waals surface area contributed by atoms with Crippen molar-refractivity contribution in [2.24, 2.45) is 0 Å². The summed E-state index contributed by atoms with van der Waals surface area (Å²) in [6.45, 7) is 4.73. The first-order valence-corrected chi connectivity index (χ1v) is 22.4. The molecular formula is C42H82N2O6P+. The molecule has 0 spiro atoms. The molecule has 1 amide bonds. The number of nitrogens with zero attached hydrogens (tertiary/aromatic N) is 1. The number of likely N-dealkylation sites (N-methyl/N-ethyl adjacent to an activating group) is 1. The molecule has 0 aliphatic heterocycles. The Bertz CT molecular complexity index is 933. The van der Waals surface area contributed by atoms with Gasteiger partial charge in [0.2, 0.25) is 5.91 Å². The van der Waals surface area contributed by atoms with Gasteiger partial charge in [0, 0.05) is 6.42 Å². The van der Waals surface area contributed by atoms with E-state index < -0.39 is 20.0 Å². The normalized spacial score (nSPS) is 14.9. The average Bonchev–Trinajstić information content (AvgIpc) is 3.07. The number of quaternary nitrogens is 1. The van der Waals surface area contributed by atoms with Crippen LogP contribution in [0.1, 0.15) is 174 Å². The summed E-state index contributed by atoms with van der Waals surface area (Å²) in [6.07, 6.45) is 40.7. The van der Waals surface area contributed by atoms with Crippen molar-refractivity contribution >= 4 is 13.7 Å². The number of phosphoric acid groups is 1. The molecule has 9 heteroatoms. The monoisotopic (exact) mass is 742 g/mol. The van der Waals surface area contributed by atoms with E-state index in [-0.39, 0.29) is 19.1 Å². The Morgan fingerprint density at radius 1 is 0.647 bits per heavy atom. The van der Waals surface area contributed by atoms with Crippen LogP contribution in [0.2, 0.25) is 0 Å². The van der Waals surface area contributed by atoms with Gasteiger partial charge in [-0.1, -0.05) is 153 Å². The summed E-state index contributed by atoms with van der Waals surface area (Å²) in [6, 6.07) is -0.864. The quantitative estimate of drug-likeness (QED) is 0.0253. The van der Waals surface area contributed by atoms with E-state index in [9.17, 15) is 19.4 Å². The third kappa shape index (κ3) is 36.9. The molecule has 0 radical (unpaired) electrons. The Labute approximate surface area is 315 Å². The first-order chi connectivity index (χ1) is 24.5. The fraction of sp³-hybridized carbons (Fsp3) is 0.833. The fourth-order valence-electron chi connectivity index (χ4n) is 5.68. The summed E-state index contributed by atoms with van der Waals surface area (Å²) >= 11 is 0. The number of carbonyl (C=O) groups is 1. The zero-order valence-electron chi connectivity index (χ0n) is 33.8. The number of hydrogen-bond acceptors (Lipinski definition) is 5. The summed E-state index contributed by atoms with van der Waals surface area (Å²) in [7, 11) is 1.55. The maximum absolute atomic E-state index is 12.8. The largest absolute Gasteiger partial charge is 0.472 e. The molecule has 51 heavy (non-hydrogen) atoms. The Balaban J connectivity index is 4.51. The molecule has 0 saturated heterocycles. The van der Waals surface area contributed by atoms with Crippen LogP contribution in [0.25, 0.3) is 0 Å². The number of amides is 1. The molecule has 0 rings (SSSR count). The predicted molar refractivity (Wildman–Crippen MR) is 217 cm³/mol. The molecule has 0 aromatic rings. The van der Waals surface area contributed by atoms with E-state index in [1.807, 2.05) is 27.2 Å². The number of unbranched alkanes of at least 4 members (excludes halogenated alkanes) is 20. The molecule has 0 aliphatic rings. The topological polar surface area (TPSA) is 105 Å². The standard InChI is InChI=1S/C42H81N2O6P/c1-6-8-10-12-14-16-18-19-20-21-22-23-24-26-27-29-31-33-35-41(45)40(39-50-51(47,48)49-38-37-44(3,4)5)43-42(46)36-34-32-30-28-25-17-15-13-11-9-7-2/h13,15,26-27,33,35,40-41,45H,6-12,14,16-25,28-32,34,36-39H2,1-5H3,(H-,43,46,47,48)/p+1/b15-13-,27-26+,35-33+. The maximum atomic E-state index is 12.8. The van der Waals surface area contributed by atoms with Gasteiger partial charge in [-0.3, -0.25) is 13.8 Å². The van der Waals surface area contributed by atoms with Crippen molar-refractivity contribution in [3.63, 3.8) is 0 Å². The van der Waals surface area contributed by atoms with Crippen LogP contribution in [-0.4, -0.2) is 73.4 Å². The summed E-state index contributed by atoms with van der Waals surface area (Å²) in [5.74, 6) is -0.200. The minimum atomic E-state index is -4.34. The lowest BCUT2D eigenvalue weighted by atomic mass is 10.0. The summed E-state index contributed by atoms with van der Waals surface area (Å²) < 4.78 is 23.5. The van der Waals surface area contributed by atoms with Gasteiger partial charge in [0.1, 0.15) is 13.2 Å². The van der Waals surface area contributed by atoms with Gasteiger partial charge in [0.15, 0.2) is 0 Å². The van der Waals surface area contributed by atoms with E-state index in [2.05, 4.69) is 43.5 Å². The van der Waals surface area contributed by atoms with Crippen molar-refractivity contribution in [3.05, 3.63) is 36.5 Å². The molecule has 3 unspecified atom stereocenters. The Hall–Kier alpha value is -1.28. The van der Waals surface area contributed by atoms with E-state index in [1.54, 1.807) is 6.08 Å². The van der Waals surface area contributed by atoms with Crippen LogP contribution in [0.15, 0.2) is 36.5 Å². The minimum absolute atomic E-state index is 0.0543. The van der Waals surface area contributed by atoms with E-state index in [0.717, 1.165) is 51.4 Å². The summed E-state index contributed by atoms with van der Waals surface area (Å²) in [5.41, 5.74) is 0. The summed E-state index contributed by atoms with van der Waals surface area (Å²) in [4.78, 5) is 23.0. The van der Waals surface area contributed by atoms with Gasteiger partial charge in [-0.05, 0) is 51.4 Å². The Morgan fingerprint density at radius 2 is 1.10 bits per heavy atom. The number of nitrogens with one attached hydrogen (secondary N) is 1. The summed E-state index contributed by atoms with van der Waals surface area (Å²) in [5, 5.41) is 13.7. The average molecular weight is 742 g/mol. The van der Waals surface area contributed by atoms with Gasteiger partial charge in [0.25, 0.3) is 0 Å². The van der Waals surface area contributed by atoms with Crippen molar-refractivity contribution in [2.45, 2.75) is 187 Å². The fourth-order valence-corrected chi connectivity index (χ4v) is 6.42. The number of carbonyl (C=O) groups excluding carboxylic acids is 1. The highest BCUT2D eigenvalue weighted by Gasteiger charge is 2.27. The third-order valence-electron chi connectivity index (χ3n) is 9.08. The van der Waals surface area contributed by atoms with Crippen LogP contribution in [-0.2, 0) is 18.4 Å². The van der Waals surface area contributed by atoms with Crippen LogP contribution in [0.4, 0.5) is 0 Å². The van der Waals surface area contributed by atoms with Crippen molar-refractivity contribution < 1.29 is 32.9 Å². The second kappa shape index (κ2) is 34.5. The third-order valence-corrected chi connectivity index (χ3v) is 10.1. The van der Waals surface area contributed by atoms with Gasteiger partial charge in [-0.2, -0.15) is 0 Å². The smallest absolute Gasteiger partial charge is 0.387 e. The molecule has 3 atom stereocenters. The van der Waals surface area contributed by atoms with Crippen LogP contribution in [0, 0.1) is 0 Å². The van der Waals surface area contributed by atoms with Crippen molar-refractivity contribution in [1.29, 1.82) is 0 Å². The molecule has 0 fully saturated rings. The van der Waals surface area contributed by atoms with Crippen LogP contribution in [0.5, 0.6) is 0 Å². The molecule has 0 aromatic heterocycles. The first kappa shape index (κ1) is 49.7. The van der Waals surface area contributed by atoms with Crippen molar-refractivity contribution in [1.82, 2.24) is 5.32 Å². The lowest BCUT2D eigenvalue weighted by Gasteiger charge is -2.25. The van der Waals surface area contributed by atoms with Gasteiger partial charge in [0.05, 0.1) is 39.9 Å². The number of rotatable bonds is 37. The van der Waals surface area contributed by atoms with E-state index in [0.29, 0.717) is 17.4 Å². The molecule has 300 valence electrons. The Kier molecular flexibility index (Phi) is 33.6. The van der Waals surface area contributed by atoms with Crippen LogP contribution >= 0.6 is 7.82 Å². The maximum Gasteiger partial charge on any atom is 0.472 e. The Morgan fingerprint density at radius 3 is 1.63 bits per heavy atom.